The van der Waals surface area contributed by atoms with Gasteiger partial charge in [-0.05, 0) is 5.41 Å². The number of halogens is 2. The number of hydrogen-bond donors (Lipinski definition) is 0. The van der Waals surface area contributed by atoms with Gasteiger partial charge >= 0.3 is 26.2 Å². The summed E-state index contributed by atoms with van der Waals surface area (Å²) in [5, 5.41) is 0. The Balaban J connectivity index is -0.000000270. The molecule has 0 N–H and O–H groups in total. The molecule has 0 aliphatic heterocycles. The average molecular weight is 283 g/mol. The molecule has 0 fully saturated rings. The Morgan fingerprint density at radius 1 is 1.25 bits per heavy atom. The van der Waals surface area contributed by atoms with Crippen LogP contribution in [0.15, 0.2) is 17.7 Å². The summed E-state index contributed by atoms with van der Waals surface area (Å²) < 4.78 is 0. The molecular formula is C9H13Cl2Zr. The first-order chi connectivity index (χ1) is 4.11. The van der Waals surface area contributed by atoms with Gasteiger partial charge in [-0.25, -0.2) is 12.2 Å². The first-order valence-electron chi connectivity index (χ1n) is 3.37. The summed E-state index contributed by atoms with van der Waals surface area (Å²) >= 11 is 0. The zero-order valence-electron chi connectivity index (χ0n) is 7.62. The number of rotatable bonds is 0. The van der Waals surface area contributed by atoms with Crippen molar-refractivity contribution in [2.75, 3.05) is 0 Å². The van der Waals surface area contributed by atoms with Crippen molar-refractivity contribution in [3.63, 3.8) is 0 Å². The molecule has 0 heterocycles. The van der Waals surface area contributed by atoms with Gasteiger partial charge in [-0.3, -0.25) is 6.08 Å². The topological polar surface area (TPSA) is 0 Å². The van der Waals surface area contributed by atoms with Gasteiger partial charge in [0.25, 0.3) is 0 Å². The molecule has 0 atom stereocenters. The van der Waals surface area contributed by atoms with Crippen molar-refractivity contribution in [1.82, 2.24) is 0 Å². The van der Waals surface area contributed by atoms with Crippen LogP contribution in [-0.4, -0.2) is 0 Å². The first-order valence-corrected chi connectivity index (χ1v) is 3.37. The molecule has 12 heavy (non-hydrogen) atoms. The van der Waals surface area contributed by atoms with E-state index in [0.29, 0.717) is 5.41 Å². The fourth-order valence-corrected chi connectivity index (χ4v) is 0.902. The van der Waals surface area contributed by atoms with Gasteiger partial charge < -0.3 is 24.8 Å². The molecule has 0 unspecified atom stereocenters. The SMILES string of the molecule is CC(C)(C)C1=CC=[C-]C1.[Cl-].[Cl-].[Zr+3]. The van der Waals surface area contributed by atoms with Crippen LogP contribution in [0.4, 0.5) is 0 Å². The molecule has 1 aliphatic carbocycles. The maximum atomic E-state index is 3.16. The second-order valence-electron chi connectivity index (χ2n) is 3.49. The molecule has 0 saturated carbocycles. The molecule has 0 bridgehead atoms. The Hall–Kier alpha value is 0.943. The Morgan fingerprint density at radius 2 is 1.75 bits per heavy atom. The molecule has 3 heteroatoms. The monoisotopic (exact) mass is 281 g/mol. The first kappa shape index (κ1) is 18.7. The summed E-state index contributed by atoms with van der Waals surface area (Å²) in [5.74, 6) is 0. The Labute approximate surface area is 107 Å². The van der Waals surface area contributed by atoms with E-state index in [0.717, 1.165) is 6.42 Å². The van der Waals surface area contributed by atoms with Crippen LogP contribution in [-0.2, 0) is 26.2 Å². The molecule has 0 aromatic heterocycles. The summed E-state index contributed by atoms with van der Waals surface area (Å²) in [6.45, 7) is 6.71. The van der Waals surface area contributed by atoms with Crippen LogP contribution in [0.1, 0.15) is 27.2 Å². The van der Waals surface area contributed by atoms with E-state index in [1.54, 1.807) is 0 Å². The van der Waals surface area contributed by atoms with Crippen molar-refractivity contribution >= 4 is 0 Å². The van der Waals surface area contributed by atoms with Gasteiger partial charge in [0, 0.05) is 0 Å². The van der Waals surface area contributed by atoms with Gasteiger partial charge in [0.05, 0.1) is 0 Å². The van der Waals surface area contributed by atoms with Gasteiger partial charge in [0.2, 0.25) is 0 Å². The average Bonchev–Trinajstić information content (AvgIpc) is 2.08. The predicted molar refractivity (Wildman–Crippen MR) is 40.0 cm³/mol. The van der Waals surface area contributed by atoms with E-state index in [1.807, 2.05) is 6.08 Å². The maximum absolute atomic E-state index is 3.16. The van der Waals surface area contributed by atoms with Crippen LogP contribution in [0.3, 0.4) is 0 Å². The zero-order valence-corrected chi connectivity index (χ0v) is 11.6. The predicted octanol–water partition coefficient (Wildman–Crippen LogP) is -3.27. The molecule has 67 valence electrons. The van der Waals surface area contributed by atoms with Crippen molar-refractivity contribution in [1.29, 1.82) is 0 Å². The van der Waals surface area contributed by atoms with Crippen molar-refractivity contribution in [2.45, 2.75) is 27.2 Å². The van der Waals surface area contributed by atoms with Crippen LogP contribution in [0.25, 0.3) is 0 Å². The maximum Gasteiger partial charge on any atom is 3.00 e. The molecule has 0 aromatic carbocycles. The Kier molecular flexibility index (Phi) is 11.4. The summed E-state index contributed by atoms with van der Waals surface area (Å²) in [4.78, 5) is 0. The largest absolute Gasteiger partial charge is 3.00 e. The third-order valence-corrected chi connectivity index (χ3v) is 1.66. The Bertz CT molecular complexity index is 166. The van der Waals surface area contributed by atoms with E-state index in [4.69, 9.17) is 0 Å². The molecule has 0 saturated heterocycles. The van der Waals surface area contributed by atoms with Crippen molar-refractivity contribution in [2.24, 2.45) is 5.41 Å². The standard InChI is InChI=1S/C9H13.2ClH.Zr/c1-9(2,3)8-6-4-5-7-8;;;/h4,6H,7H2,1-3H3;2*1H;/q-1;;;+3/p-2. The van der Waals surface area contributed by atoms with Crippen molar-refractivity contribution < 1.29 is 51.0 Å². The second-order valence-corrected chi connectivity index (χ2v) is 3.49. The van der Waals surface area contributed by atoms with Crippen LogP contribution in [0.2, 0.25) is 0 Å². The minimum atomic E-state index is 0. The molecule has 0 spiro atoms. The van der Waals surface area contributed by atoms with E-state index >= 15 is 0 Å². The van der Waals surface area contributed by atoms with Crippen molar-refractivity contribution in [3.8, 4) is 0 Å². The van der Waals surface area contributed by atoms with Crippen LogP contribution < -0.4 is 24.8 Å². The molecule has 0 amide bonds. The fraction of sp³-hybridized carbons (Fsp3) is 0.556. The normalized spacial score (nSPS) is 13.8. The molecular weight excluding hydrogens is 270 g/mol. The smallest absolute Gasteiger partial charge is 1.00 e. The van der Waals surface area contributed by atoms with E-state index in [9.17, 15) is 0 Å². The zero-order chi connectivity index (χ0) is 6.91. The van der Waals surface area contributed by atoms with Gasteiger partial charge in [-0.2, -0.15) is 5.57 Å². The second kappa shape index (κ2) is 7.36. The van der Waals surface area contributed by atoms with Crippen LogP contribution in [0.5, 0.6) is 0 Å². The van der Waals surface area contributed by atoms with Gasteiger partial charge in [-0.1, -0.05) is 20.8 Å². The number of allylic oxidation sites excluding steroid dienone is 4. The van der Waals surface area contributed by atoms with E-state index < -0.39 is 0 Å². The van der Waals surface area contributed by atoms with E-state index in [1.165, 1.54) is 5.57 Å². The minimum absolute atomic E-state index is 0. The van der Waals surface area contributed by atoms with Gasteiger partial charge in [0.1, 0.15) is 0 Å². The molecule has 1 rings (SSSR count). The minimum Gasteiger partial charge on any atom is -1.00 e. The molecule has 1 aliphatic rings. The molecule has 0 aromatic rings. The molecule has 0 nitrogen and oxygen atoms in total. The summed E-state index contributed by atoms with van der Waals surface area (Å²) in [5.41, 5.74) is 1.84. The van der Waals surface area contributed by atoms with Gasteiger partial charge in [-0.15, -0.1) is 6.42 Å². The molecule has 1 radical (unpaired) electrons. The fourth-order valence-electron chi connectivity index (χ4n) is 0.902. The third kappa shape index (κ3) is 5.57. The van der Waals surface area contributed by atoms with E-state index in [2.05, 4.69) is 32.9 Å². The van der Waals surface area contributed by atoms with Gasteiger partial charge in [0.15, 0.2) is 0 Å². The quantitative estimate of drug-likeness (QED) is 0.409. The van der Waals surface area contributed by atoms with E-state index in [-0.39, 0.29) is 51.0 Å². The number of hydrogen-bond acceptors (Lipinski definition) is 0. The van der Waals surface area contributed by atoms with Crippen LogP contribution in [0, 0.1) is 11.5 Å². The summed E-state index contributed by atoms with van der Waals surface area (Å²) in [7, 11) is 0. The Morgan fingerprint density at radius 3 is 1.92 bits per heavy atom. The summed E-state index contributed by atoms with van der Waals surface area (Å²) in [6, 6.07) is 0. The van der Waals surface area contributed by atoms with Crippen molar-refractivity contribution in [3.05, 3.63) is 23.8 Å². The van der Waals surface area contributed by atoms with Crippen LogP contribution >= 0.6 is 0 Å². The summed E-state index contributed by atoms with van der Waals surface area (Å²) in [6.07, 6.45) is 8.37. The third-order valence-electron chi connectivity index (χ3n) is 1.66.